The average molecular weight is 378 g/mol. The van der Waals surface area contributed by atoms with Gasteiger partial charge in [-0.2, -0.15) is 0 Å². The van der Waals surface area contributed by atoms with E-state index in [0.717, 1.165) is 22.1 Å². The number of hydrogen-bond donors (Lipinski definition) is 1. The van der Waals surface area contributed by atoms with Crippen molar-refractivity contribution in [3.8, 4) is 0 Å². The molecular formula is C12H13ClIN3O. The molecule has 0 saturated carbocycles. The van der Waals surface area contributed by atoms with Crippen molar-refractivity contribution in [2.75, 3.05) is 0 Å². The summed E-state index contributed by atoms with van der Waals surface area (Å²) in [5.74, 6) is 0. The third-order valence-corrected chi connectivity index (χ3v) is 4.19. The van der Waals surface area contributed by atoms with Crippen LogP contribution >= 0.6 is 34.2 Å². The highest BCUT2D eigenvalue weighted by molar-refractivity contribution is 14.1. The quantitative estimate of drug-likeness (QED) is 0.833. The van der Waals surface area contributed by atoms with E-state index in [0.29, 0.717) is 10.7 Å². The van der Waals surface area contributed by atoms with Gasteiger partial charge in [-0.1, -0.05) is 29.8 Å². The number of nitrogens with zero attached hydrogens (tertiary/aromatic N) is 3. The van der Waals surface area contributed by atoms with Gasteiger partial charge in [-0.05, 0) is 46.7 Å². The summed E-state index contributed by atoms with van der Waals surface area (Å²) in [5, 5.41) is 18.8. The minimum Gasteiger partial charge on any atom is -0.382 e. The first-order valence-corrected chi connectivity index (χ1v) is 7.10. The number of aliphatic hydroxyl groups is 1. The Kier molecular flexibility index (Phi) is 4.58. The van der Waals surface area contributed by atoms with E-state index in [-0.39, 0.29) is 0 Å². The van der Waals surface area contributed by atoms with Crippen LogP contribution in [0.1, 0.15) is 30.7 Å². The Labute approximate surface area is 124 Å². The fraction of sp³-hybridized carbons (Fsp3) is 0.333. The number of rotatable bonds is 4. The Bertz CT molecular complexity index is 544. The van der Waals surface area contributed by atoms with Crippen LogP contribution in [0.25, 0.3) is 0 Å². The molecule has 1 atom stereocenters. The fourth-order valence-corrected chi connectivity index (χ4v) is 2.24. The molecule has 6 heteroatoms. The predicted octanol–water partition coefficient (Wildman–Crippen LogP) is 3.03. The van der Waals surface area contributed by atoms with Crippen molar-refractivity contribution in [3.05, 3.63) is 44.2 Å². The van der Waals surface area contributed by atoms with Crippen molar-refractivity contribution in [2.24, 2.45) is 0 Å². The van der Waals surface area contributed by atoms with Gasteiger partial charge < -0.3 is 5.11 Å². The molecule has 1 heterocycles. The first-order valence-electron chi connectivity index (χ1n) is 5.65. The van der Waals surface area contributed by atoms with Gasteiger partial charge in [0.25, 0.3) is 0 Å². The van der Waals surface area contributed by atoms with E-state index >= 15 is 0 Å². The summed E-state index contributed by atoms with van der Waals surface area (Å²) < 4.78 is 2.68. The number of halogens is 2. The molecule has 1 N–H and O–H groups in total. The number of aryl methyl sites for hydroxylation is 1. The van der Waals surface area contributed by atoms with Gasteiger partial charge in [0.15, 0.2) is 0 Å². The van der Waals surface area contributed by atoms with Crippen molar-refractivity contribution in [1.82, 2.24) is 15.0 Å². The van der Waals surface area contributed by atoms with Gasteiger partial charge in [-0.3, -0.25) is 0 Å². The van der Waals surface area contributed by atoms with Crippen molar-refractivity contribution < 1.29 is 5.11 Å². The summed E-state index contributed by atoms with van der Waals surface area (Å²) >= 11 is 8.22. The minimum atomic E-state index is -0.749. The zero-order valence-electron chi connectivity index (χ0n) is 9.85. The van der Waals surface area contributed by atoms with Crippen LogP contribution in [0, 0.1) is 3.57 Å². The SMILES string of the molecule is CCCn1nncc1C(O)c1ccc(I)c(Cl)c1. The molecule has 0 aliphatic carbocycles. The van der Waals surface area contributed by atoms with Gasteiger partial charge in [0.05, 0.1) is 16.9 Å². The normalized spacial score (nSPS) is 12.7. The Balaban J connectivity index is 2.32. The van der Waals surface area contributed by atoms with Crippen molar-refractivity contribution >= 4 is 34.2 Å². The zero-order chi connectivity index (χ0) is 13.1. The predicted molar refractivity (Wildman–Crippen MR) is 78.5 cm³/mol. The minimum absolute atomic E-state index is 0.640. The van der Waals surface area contributed by atoms with Crippen molar-refractivity contribution in [2.45, 2.75) is 26.0 Å². The van der Waals surface area contributed by atoms with E-state index < -0.39 is 6.10 Å². The Morgan fingerprint density at radius 3 is 2.94 bits per heavy atom. The van der Waals surface area contributed by atoms with Gasteiger partial charge in [0.1, 0.15) is 6.10 Å². The van der Waals surface area contributed by atoms with Crippen LogP contribution in [0.2, 0.25) is 5.02 Å². The van der Waals surface area contributed by atoms with E-state index in [1.54, 1.807) is 16.9 Å². The van der Waals surface area contributed by atoms with E-state index in [1.165, 1.54) is 0 Å². The molecule has 0 aliphatic rings. The van der Waals surface area contributed by atoms with Crippen LogP contribution in [0.3, 0.4) is 0 Å². The molecule has 0 radical (unpaired) electrons. The van der Waals surface area contributed by atoms with Crippen LogP contribution < -0.4 is 0 Å². The molecule has 0 fully saturated rings. The molecule has 18 heavy (non-hydrogen) atoms. The molecule has 1 unspecified atom stereocenters. The maximum absolute atomic E-state index is 10.3. The molecule has 96 valence electrons. The number of benzene rings is 1. The lowest BCUT2D eigenvalue weighted by Gasteiger charge is -2.13. The Morgan fingerprint density at radius 1 is 1.50 bits per heavy atom. The molecule has 4 nitrogen and oxygen atoms in total. The summed E-state index contributed by atoms with van der Waals surface area (Å²) in [6.07, 6.45) is 1.78. The largest absolute Gasteiger partial charge is 0.382 e. The highest BCUT2D eigenvalue weighted by Gasteiger charge is 2.16. The molecule has 2 aromatic rings. The fourth-order valence-electron chi connectivity index (χ4n) is 1.72. The smallest absolute Gasteiger partial charge is 0.122 e. The Hall–Kier alpha value is -0.660. The topological polar surface area (TPSA) is 50.9 Å². The highest BCUT2D eigenvalue weighted by Crippen LogP contribution is 2.26. The van der Waals surface area contributed by atoms with Gasteiger partial charge in [-0.25, -0.2) is 4.68 Å². The molecule has 0 spiro atoms. The first-order chi connectivity index (χ1) is 8.63. The summed E-state index contributed by atoms with van der Waals surface area (Å²) in [5.41, 5.74) is 1.44. The van der Waals surface area contributed by atoms with Crippen LogP contribution in [-0.2, 0) is 6.54 Å². The number of aliphatic hydroxyl groups excluding tert-OH is 1. The second-order valence-electron chi connectivity index (χ2n) is 3.96. The summed E-state index contributed by atoms with van der Waals surface area (Å²) in [7, 11) is 0. The lowest BCUT2D eigenvalue weighted by Crippen LogP contribution is -2.10. The number of aromatic nitrogens is 3. The standard InChI is InChI=1S/C12H13ClIN3O/c1-2-5-17-11(7-15-16-17)12(18)8-3-4-10(14)9(13)6-8/h3-4,6-7,12,18H,2,5H2,1H3. The lowest BCUT2D eigenvalue weighted by molar-refractivity contribution is 0.207. The van der Waals surface area contributed by atoms with Gasteiger partial charge in [-0.15, -0.1) is 5.10 Å². The molecule has 1 aromatic heterocycles. The van der Waals surface area contributed by atoms with Gasteiger partial charge in [0.2, 0.25) is 0 Å². The average Bonchev–Trinajstić information content (AvgIpc) is 2.80. The summed E-state index contributed by atoms with van der Waals surface area (Å²) in [6, 6.07) is 5.52. The van der Waals surface area contributed by atoms with E-state index in [1.807, 2.05) is 12.1 Å². The molecule has 0 bridgehead atoms. The van der Waals surface area contributed by atoms with Crippen LogP contribution in [-0.4, -0.2) is 20.1 Å². The number of hydrogen-bond acceptors (Lipinski definition) is 3. The lowest BCUT2D eigenvalue weighted by atomic mass is 10.1. The first kappa shape index (κ1) is 13.8. The van der Waals surface area contributed by atoms with Crippen molar-refractivity contribution in [3.63, 3.8) is 0 Å². The second-order valence-corrected chi connectivity index (χ2v) is 5.53. The van der Waals surface area contributed by atoms with Crippen molar-refractivity contribution in [1.29, 1.82) is 0 Å². The van der Waals surface area contributed by atoms with Gasteiger partial charge in [0, 0.05) is 10.1 Å². The molecule has 0 aliphatic heterocycles. The Morgan fingerprint density at radius 2 is 2.28 bits per heavy atom. The van der Waals surface area contributed by atoms with Crippen LogP contribution in [0.5, 0.6) is 0 Å². The third kappa shape index (κ3) is 2.84. The summed E-state index contributed by atoms with van der Waals surface area (Å²) in [4.78, 5) is 0. The maximum atomic E-state index is 10.3. The molecule has 0 amide bonds. The second kappa shape index (κ2) is 5.99. The van der Waals surface area contributed by atoms with Crippen LogP contribution in [0.15, 0.2) is 24.4 Å². The molecule has 2 rings (SSSR count). The van der Waals surface area contributed by atoms with Crippen LogP contribution in [0.4, 0.5) is 0 Å². The monoisotopic (exact) mass is 377 g/mol. The maximum Gasteiger partial charge on any atom is 0.122 e. The summed E-state index contributed by atoms with van der Waals surface area (Å²) in [6.45, 7) is 2.80. The highest BCUT2D eigenvalue weighted by atomic mass is 127. The van der Waals surface area contributed by atoms with E-state index in [4.69, 9.17) is 11.6 Å². The molecule has 1 aromatic carbocycles. The van der Waals surface area contributed by atoms with Gasteiger partial charge >= 0.3 is 0 Å². The van der Waals surface area contributed by atoms with E-state index in [9.17, 15) is 5.11 Å². The zero-order valence-corrected chi connectivity index (χ0v) is 12.8. The molecular weight excluding hydrogens is 365 g/mol. The molecule has 0 saturated heterocycles. The van der Waals surface area contributed by atoms with E-state index in [2.05, 4.69) is 39.8 Å². The third-order valence-electron chi connectivity index (χ3n) is 2.62.